The molecule has 7 nitrogen and oxygen atoms in total. The topological polar surface area (TPSA) is 71.1 Å². The van der Waals surface area contributed by atoms with E-state index in [4.69, 9.17) is 9.47 Å². The third-order valence-electron chi connectivity index (χ3n) is 6.20. The van der Waals surface area contributed by atoms with E-state index in [1.54, 1.807) is 26.4 Å². The van der Waals surface area contributed by atoms with E-state index in [2.05, 4.69) is 14.5 Å². The van der Waals surface area contributed by atoms with Crippen LogP contribution < -0.4 is 19.1 Å². The van der Waals surface area contributed by atoms with Gasteiger partial charge in [-0.25, -0.2) is 8.42 Å². The molecule has 1 saturated heterocycles. The van der Waals surface area contributed by atoms with Crippen LogP contribution in [0.5, 0.6) is 11.5 Å². The number of methoxy groups -OCH3 is 2. The minimum Gasteiger partial charge on any atom is -0.493 e. The van der Waals surface area contributed by atoms with Crippen molar-refractivity contribution in [3.63, 3.8) is 0 Å². The number of piperazine rings is 1. The smallest absolute Gasteiger partial charge is 0.416 e. The number of nitrogens with zero attached hydrogens (tertiary/aromatic N) is 2. The van der Waals surface area contributed by atoms with Crippen molar-refractivity contribution in [1.29, 1.82) is 0 Å². The molecule has 198 valence electrons. The first-order chi connectivity index (χ1) is 17.6. The standard InChI is InChI=1S/C26H28F3N3O4S/c1-35-24-12-3-19(17-25(24)36-2)18-31-13-15-32(16-14-31)22-8-6-21(7-9-22)30-37(33,34)23-10-4-20(5-11-23)26(27,28)29/h3-12,17,30H,13-16,18H2,1-2H3. The van der Waals surface area contributed by atoms with Crippen LogP contribution in [-0.2, 0) is 22.7 Å². The highest BCUT2D eigenvalue weighted by Crippen LogP contribution is 2.31. The SMILES string of the molecule is COc1ccc(CN2CCN(c3ccc(NS(=O)(=O)c4ccc(C(F)(F)F)cc4)cc3)CC2)cc1OC. The molecular weight excluding hydrogens is 507 g/mol. The molecule has 0 atom stereocenters. The van der Waals surface area contributed by atoms with Crippen LogP contribution in [0.3, 0.4) is 0 Å². The summed E-state index contributed by atoms with van der Waals surface area (Å²) in [6.07, 6.45) is -4.53. The molecule has 3 aromatic carbocycles. The predicted octanol–water partition coefficient (Wildman–Crippen LogP) is 4.85. The Kier molecular flexibility index (Phi) is 7.84. The number of hydrogen-bond donors (Lipinski definition) is 1. The van der Waals surface area contributed by atoms with Crippen LogP contribution in [-0.4, -0.2) is 53.7 Å². The minimum absolute atomic E-state index is 0.241. The van der Waals surface area contributed by atoms with E-state index in [9.17, 15) is 21.6 Å². The number of alkyl halides is 3. The molecule has 0 spiro atoms. The van der Waals surface area contributed by atoms with E-state index in [0.29, 0.717) is 17.2 Å². The molecule has 1 N–H and O–H groups in total. The number of nitrogens with one attached hydrogen (secondary N) is 1. The van der Waals surface area contributed by atoms with Gasteiger partial charge in [-0.3, -0.25) is 9.62 Å². The van der Waals surface area contributed by atoms with Crippen LogP contribution in [0.1, 0.15) is 11.1 Å². The van der Waals surface area contributed by atoms with Crippen molar-refractivity contribution in [3.05, 3.63) is 77.9 Å². The zero-order chi connectivity index (χ0) is 26.6. The van der Waals surface area contributed by atoms with E-state index < -0.39 is 21.8 Å². The first kappa shape index (κ1) is 26.6. The fourth-order valence-electron chi connectivity index (χ4n) is 4.18. The summed E-state index contributed by atoms with van der Waals surface area (Å²) in [7, 11) is -0.789. The third-order valence-corrected chi connectivity index (χ3v) is 7.60. The summed E-state index contributed by atoms with van der Waals surface area (Å²) in [5.74, 6) is 1.40. The van der Waals surface area contributed by atoms with Gasteiger partial charge in [-0.05, 0) is 66.2 Å². The van der Waals surface area contributed by atoms with Crippen LogP contribution in [0.2, 0.25) is 0 Å². The molecule has 37 heavy (non-hydrogen) atoms. The number of benzene rings is 3. The lowest BCUT2D eigenvalue weighted by Crippen LogP contribution is -2.45. The molecule has 0 amide bonds. The molecule has 0 aliphatic carbocycles. The van der Waals surface area contributed by atoms with Crippen molar-refractivity contribution >= 4 is 21.4 Å². The first-order valence-corrected chi connectivity index (χ1v) is 13.1. The Morgan fingerprint density at radius 1 is 0.838 bits per heavy atom. The van der Waals surface area contributed by atoms with Gasteiger partial charge in [-0.15, -0.1) is 0 Å². The zero-order valence-corrected chi connectivity index (χ0v) is 21.3. The van der Waals surface area contributed by atoms with Crippen molar-refractivity contribution in [3.8, 4) is 11.5 Å². The summed E-state index contributed by atoms with van der Waals surface area (Å²) in [6.45, 7) is 4.12. The summed E-state index contributed by atoms with van der Waals surface area (Å²) in [5, 5.41) is 0. The lowest BCUT2D eigenvalue weighted by molar-refractivity contribution is -0.137. The predicted molar refractivity (Wildman–Crippen MR) is 136 cm³/mol. The molecule has 1 aliphatic rings. The highest BCUT2D eigenvalue weighted by molar-refractivity contribution is 7.92. The van der Waals surface area contributed by atoms with Crippen molar-refractivity contribution in [2.24, 2.45) is 0 Å². The second kappa shape index (κ2) is 10.9. The third kappa shape index (κ3) is 6.47. The lowest BCUT2D eigenvalue weighted by Gasteiger charge is -2.36. The number of rotatable bonds is 8. The number of sulfonamides is 1. The monoisotopic (exact) mass is 535 g/mol. The first-order valence-electron chi connectivity index (χ1n) is 11.6. The Balaban J connectivity index is 1.33. The summed E-state index contributed by atoms with van der Waals surface area (Å²) >= 11 is 0. The Morgan fingerprint density at radius 3 is 2.03 bits per heavy atom. The molecule has 3 aromatic rings. The fourth-order valence-corrected chi connectivity index (χ4v) is 5.24. The number of anilines is 2. The highest BCUT2D eigenvalue weighted by Gasteiger charge is 2.30. The highest BCUT2D eigenvalue weighted by atomic mass is 32.2. The van der Waals surface area contributed by atoms with Gasteiger partial charge in [0, 0.05) is 44.1 Å². The van der Waals surface area contributed by atoms with Crippen molar-refractivity contribution in [1.82, 2.24) is 4.90 Å². The van der Waals surface area contributed by atoms with Gasteiger partial charge < -0.3 is 14.4 Å². The van der Waals surface area contributed by atoms with Crippen molar-refractivity contribution < 1.29 is 31.1 Å². The van der Waals surface area contributed by atoms with Gasteiger partial charge >= 0.3 is 6.18 Å². The van der Waals surface area contributed by atoms with Crippen LogP contribution >= 0.6 is 0 Å². The lowest BCUT2D eigenvalue weighted by atomic mass is 10.1. The molecular formula is C26H28F3N3O4S. The molecule has 0 bridgehead atoms. The Hall–Kier alpha value is -3.44. The van der Waals surface area contributed by atoms with E-state index in [1.165, 1.54) is 0 Å². The average molecular weight is 536 g/mol. The van der Waals surface area contributed by atoms with E-state index >= 15 is 0 Å². The molecule has 1 fully saturated rings. The van der Waals surface area contributed by atoms with Gasteiger partial charge in [0.1, 0.15) is 0 Å². The van der Waals surface area contributed by atoms with Crippen molar-refractivity contribution in [2.45, 2.75) is 17.6 Å². The van der Waals surface area contributed by atoms with Crippen LogP contribution in [0.4, 0.5) is 24.5 Å². The van der Waals surface area contributed by atoms with Crippen LogP contribution in [0, 0.1) is 0 Å². The Morgan fingerprint density at radius 2 is 1.46 bits per heavy atom. The summed E-state index contributed by atoms with van der Waals surface area (Å²) in [6, 6.07) is 16.3. The fraction of sp³-hybridized carbons (Fsp3) is 0.308. The largest absolute Gasteiger partial charge is 0.493 e. The summed E-state index contributed by atoms with van der Waals surface area (Å²) in [5.41, 5.74) is 1.52. The molecule has 4 rings (SSSR count). The summed E-state index contributed by atoms with van der Waals surface area (Å²) in [4.78, 5) is 4.33. The maximum atomic E-state index is 12.7. The molecule has 0 unspecified atom stereocenters. The van der Waals surface area contributed by atoms with Gasteiger partial charge in [0.05, 0.1) is 24.7 Å². The molecule has 0 radical (unpaired) electrons. The second-order valence-corrected chi connectivity index (χ2v) is 10.3. The van der Waals surface area contributed by atoms with E-state index in [1.807, 2.05) is 30.3 Å². The molecule has 0 aromatic heterocycles. The second-order valence-electron chi connectivity index (χ2n) is 8.63. The quantitative estimate of drug-likeness (QED) is 0.445. The maximum absolute atomic E-state index is 12.7. The number of halogens is 3. The Labute approximate surface area is 214 Å². The Bertz CT molecular complexity index is 1310. The average Bonchev–Trinajstić information content (AvgIpc) is 2.89. The normalized spacial score (nSPS) is 14.9. The zero-order valence-electron chi connectivity index (χ0n) is 20.5. The molecule has 11 heteroatoms. The van der Waals surface area contributed by atoms with E-state index in [0.717, 1.165) is 68.2 Å². The van der Waals surface area contributed by atoms with Gasteiger partial charge in [0.2, 0.25) is 0 Å². The maximum Gasteiger partial charge on any atom is 0.416 e. The van der Waals surface area contributed by atoms with Crippen LogP contribution in [0.25, 0.3) is 0 Å². The molecule has 1 heterocycles. The number of ether oxygens (including phenoxy) is 2. The van der Waals surface area contributed by atoms with Gasteiger partial charge in [0.15, 0.2) is 11.5 Å². The minimum atomic E-state index is -4.53. The van der Waals surface area contributed by atoms with E-state index in [-0.39, 0.29) is 4.90 Å². The molecule has 1 aliphatic heterocycles. The van der Waals surface area contributed by atoms with Crippen molar-refractivity contribution in [2.75, 3.05) is 50.0 Å². The van der Waals surface area contributed by atoms with Crippen LogP contribution in [0.15, 0.2) is 71.6 Å². The van der Waals surface area contributed by atoms with Gasteiger partial charge in [-0.1, -0.05) is 6.07 Å². The summed E-state index contributed by atoms with van der Waals surface area (Å²) < 4.78 is 76.5. The van der Waals surface area contributed by atoms with Gasteiger partial charge in [-0.2, -0.15) is 13.2 Å². The number of hydrogen-bond acceptors (Lipinski definition) is 6. The van der Waals surface area contributed by atoms with Gasteiger partial charge in [0.25, 0.3) is 10.0 Å². The molecule has 0 saturated carbocycles.